The van der Waals surface area contributed by atoms with Crippen molar-refractivity contribution >= 4 is 68.3 Å². The highest BCUT2D eigenvalue weighted by Crippen LogP contribution is 2.44. The van der Waals surface area contributed by atoms with Gasteiger partial charge in [0.2, 0.25) is 17.7 Å². The fourth-order valence-electron chi connectivity index (χ4n) is 20.8. The minimum absolute atomic E-state index is 0.00298. The van der Waals surface area contributed by atoms with E-state index in [-0.39, 0.29) is 166 Å². The van der Waals surface area contributed by atoms with E-state index in [2.05, 4.69) is 65.6 Å². The highest BCUT2D eigenvalue weighted by atomic mass is 19.1. The number of pyridine rings is 3. The Morgan fingerprint density at radius 1 is 0.352 bits per heavy atom. The molecule has 0 aliphatic carbocycles. The summed E-state index contributed by atoms with van der Waals surface area (Å²) in [6.07, 6.45) is 10.5. The quantitative estimate of drug-likeness (QED) is 0.0957. The SMILES string of the molecule is C=CC(=O)N1C[C@H](C)N(c2nc(=O)n3c4nc(c(F)cc24)-c2c(F)cccc2Cc2cn(nn2)CCc2cccc(C(C)C)c2-3)C[C@H]1C.C=CC(=O)N1C[C@H](C)N(c2nc(=O)n3c4nc(c(F)cc24)-c2c(F)cccc2Cc2cn(nn2)Cc2cccc(C(C)C)c2-3)C[C@H]1C.C=CC(=O)N1C[C@H](C)N(c2nc(=O)n3c4nc(c(F)cc24)-c2c(F)cccc2Cn2cc(nn2)Cc2cccc(C(C)C)c2-3)C[C@H]1C. The molecule has 6 aromatic carbocycles. The Morgan fingerprint density at radius 3 is 1.01 bits per heavy atom. The van der Waals surface area contributed by atoms with Crippen LogP contribution in [0.4, 0.5) is 43.8 Å². The number of aryl methyl sites for hydroxylation is 2. The first-order valence-electron chi connectivity index (χ1n) is 47.5. The molecule has 0 radical (unpaired) electrons. The Bertz CT molecular complexity index is 7570. The van der Waals surface area contributed by atoms with Crippen LogP contribution in [0.25, 0.3) is 83.9 Å². The zero-order valence-electron chi connectivity index (χ0n) is 80.5. The number of carbonyl (C=O) groups is 3. The van der Waals surface area contributed by atoms with Gasteiger partial charge < -0.3 is 29.4 Å². The van der Waals surface area contributed by atoms with Crippen LogP contribution in [0, 0.1) is 34.9 Å². The second kappa shape index (κ2) is 38.1. The van der Waals surface area contributed by atoms with Gasteiger partial charge in [-0.15, -0.1) is 15.3 Å². The van der Waals surface area contributed by atoms with Crippen molar-refractivity contribution in [3.05, 3.63) is 317 Å². The van der Waals surface area contributed by atoms with E-state index in [0.29, 0.717) is 126 Å². The molecule has 726 valence electrons. The number of amides is 3. The summed E-state index contributed by atoms with van der Waals surface area (Å²) in [5, 5.41) is 26.8. The molecule has 6 aliphatic rings. The van der Waals surface area contributed by atoms with Crippen LogP contribution in [-0.2, 0) is 59.7 Å². The molecule has 15 heterocycles. The molecular weight excluding hydrogens is 1820 g/mol. The number of anilines is 3. The third kappa shape index (κ3) is 17.3. The maximum Gasteiger partial charge on any atom is 0.355 e. The average molecular weight is 1920 g/mol. The van der Waals surface area contributed by atoms with Crippen molar-refractivity contribution in [3.8, 4) is 50.8 Å². The van der Waals surface area contributed by atoms with Gasteiger partial charge in [-0.3, -0.25) is 19.1 Å². The highest BCUT2D eigenvalue weighted by molar-refractivity contribution is 5.96. The van der Waals surface area contributed by atoms with E-state index in [9.17, 15) is 28.8 Å². The summed E-state index contributed by atoms with van der Waals surface area (Å²) in [6, 6.07) is 33.5. The molecule has 6 atom stereocenters. The molecule has 30 nitrogen and oxygen atoms in total. The number of benzene rings is 6. The van der Waals surface area contributed by atoms with E-state index in [1.807, 2.05) is 152 Å². The minimum atomic E-state index is -0.759. The predicted molar refractivity (Wildman–Crippen MR) is 529 cm³/mol. The molecule has 6 aliphatic heterocycles. The zero-order valence-corrected chi connectivity index (χ0v) is 80.5. The molecule has 0 N–H and O–H groups in total. The number of halogens is 6. The van der Waals surface area contributed by atoms with Gasteiger partial charge in [-0.05, 0) is 170 Å². The van der Waals surface area contributed by atoms with Crippen molar-refractivity contribution in [3.63, 3.8) is 0 Å². The molecule has 15 aromatic rings. The number of hydrogen-bond donors (Lipinski definition) is 0. The van der Waals surface area contributed by atoms with E-state index in [0.717, 1.165) is 33.4 Å². The molecule has 21 rings (SSSR count). The summed E-state index contributed by atoms with van der Waals surface area (Å²) in [4.78, 5) is 120. The van der Waals surface area contributed by atoms with Crippen LogP contribution in [-0.4, -0.2) is 197 Å². The smallest absolute Gasteiger partial charge is 0.349 e. The molecule has 0 unspecified atom stereocenters. The second-order valence-electron chi connectivity index (χ2n) is 38.3. The van der Waals surface area contributed by atoms with Crippen LogP contribution in [0.3, 0.4) is 0 Å². The minimum Gasteiger partial charge on any atom is -0.349 e. The van der Waals surface area contributed by atoms with Gasteiger partial charge in [-0.25, -0.2) is 78.7 Å². The largest absolute Gasteiger partial charge is 0.355 e. The first-order chi connectivity index (χ1) is 68.1. The van der Waals surface area contributed by atoms with E-state index in [1.54, 1.807) is 83.7 Å². The van der Waals surface area contributed by atoms with Gasteiger partial charge in [-0.1, -0.05) is 168 Å². The maximum absolute atomic E-state index is 16.5. The number of hydrogen-bond acceptors (Lipinski definition) is 21. The summed E-state index contributed by atoms with van der Waals surface area (Å²) < 4.78 is 106. The van der Waals surface area contributed by atoms with E-state index >= 15 is 26.3 Å². The van der Waals surface area contributed by atoms with Crippen molar-refractivity contribution in [1.82, 2.24) is 103 Å². The van der Waals surface area contributed by atoms with Gasteiger partial charge in [0.1, 0.15) is 69.4 Å². The van der Waals surface area contributed by atoms with Gasteiger partial charge in [0.15, 0.2) is 16.9 Å². The fourth-order valence-corrected chi connectivity index (χ4v) is 20.8. The third-order valence-electron chi connectivity index (χ3n) is 27.7. The number of rotatable bonds is 9. The lowest BCUT2D eigenvalue weighted by Gasteiger charge is -2.44. The lowest BCUT2D eigenvalue weighted by Crippen LogP contribution is -2.58. The average Bonchev–Trinajstić information content (AvgIpc) is 0.791. The second-order valence-corrected chi connectivity index (χ2v) is 38.3. The Balaban J connectivity index is 0.000000135. The molecule has 0 spiro atoms. The van der Waals surface area contributed by atoms with E-state index in [1.165, 1.54) is 68.3 Å². The number of piperazine rings is 3. The van der Waals surface area contributed by atoms with E-state index < -0.39 is 52.0 Å². The van der Waals surface area contributed by atoms with Crippen molar-refractivity contribution in [1.29, 1.82) is 0 Å². The van der Waals surface area contributed by atoms with Gasteiger partial charge in [0.05, 0.1) is 63.4 Å². The van der Waals surface area contributed by atoms with Crippen molar-refractivity contribution in [2.75, 3.05) is 54.0 Å². The summed E-state index contributed by atoms with van der Waals surface area (Å²) in [5.74, 6) is -4.01. The number of aromatic nitrogens is 18. The Kier molecular flexibility index (Phi) is 25.5. The molecule has 3 saturated heterocycles. The summed E-state index contributed by atoms with van der Waals surface area (Å²) in [7, 11) is 0. The molecular formula is C106H104F6N24O6. The number of nitrogens with zero attached hydrogens (tertiary/aromatic N) is 24. The standard InChI is InChI=1S/C36H36F2N8O2.2C35H34F2N8O2/c1-6-30(47)44-17-22(5)45(18-21(44)4)34-27-16-29(38)32-31-24(10-8-12-28(31)37)15-25-19-43(42-41-25)14-13-23-9-7-11-26(20(2)3)33(23)46(35(27)39-32)36(48)40-34;1-6-29(46)43-15-21(5)44(16-20(43)4)33-26-14-28(37)31-30-22(9-8-12-27(30)36)13-24-18-42(41-40-24)17-23-10-7-11-25(19(2)3)32(23)45(34(26)38-31)35(47)39-33;1-6-29(46)43-15-21(5)44(16-20(43)4)33-26-14-28(37)31-30-23(10-8-12-27(30)36)17-42-18-24(40-41-42)13-22-9-7-11-25(19(2)3)32(22)45(34(26)38-31)35(47)39-33/h6-12,16,19-22H,1,13-15,17-18H2,2-5H3;2*6-12,14,18-21H,1,13,15-17H2,2-5H3/t21-,22+;2*20-,21+/m111/s1. The molecule has 12 bridgehead atoms. The maximum atomic E-state index is 16.5. The molecule has 36 heteroatoms. The Morgan fingerprint density at radius 2 is 0.648 bits per heavy atom. The fraction of sp³-hybridized carbons (Fsp3) is 0.321. The predicted octanol–water partition coefficient (Wildman–Crippen LogP) is 15.2. The van der Waals surface area contributed by atoms with Crippen LogP contribution >= 0.6 is 0 Å². The first-order valence-corrected chi connectivity index (χ1v) is 47.5. The molecule has 0 saturated carbocycles. The van der Waals surface area contributed by atoms with Crippen molar-refractivity contribution < 1.29 is 40.7 Å². The molecule has 3 fully saturated rings. The monoisotopic (exact) mass is 1920 g/mol. The summed E-state index contributed by atoms with van der Waals surface area (Å²) in [5.41, 5.74) is 8.02. The lowest BCUT2D eigenvalue weighted by atomic mass is 9.95. The Hall–Kier alpha value is -15.8. The van der Waals surface area contributed by atoms with Gasteiger partial charge in [-0.2, -0.15) is 15.0 Å². The number of para-hydroxylation sites is 3. The molecule has 142 heavy (non-hydrogen) atoms. The third-order valence-corrected chi connectivity index (χ3v) is 27.7. The highest BCUT2D eigenvalue weighted by Gasteiger charge is 2.41. The number of fused-ring (bicyclic) bond motifs is 21. The van der Waals surface area contributed by atoms with Crippen molar-refractivity contribution in [2.24, 2.45) is 0 Å². The first kappa shape index (κ1) is 95.2. The van der Waals surface area contributed by atoms with Crippen LogP contribution in [0.15, 0.2) is 198 Å². The van der Waals surface area contributed by atoms with Crippen molar-refractivity contribution in [2.45, 2.75) is 182 Å². The van der Waals surface area contributed by atoms with Crippen LogP contribution < -0.4 is 31.8 Å². The number of carbonyl (C=O) groups excluding carboxylic acids is 3. The van der Waals surface area contributed by atoms with Gasteiger partial charge in [0.25, 0.3) is 0 Å². The zero-order chi connectivity index (χ0) is 100. The normalized spacial score (nSPS) is 17.6. The Labute approximate surface area is 812 Å². The molecule has 3 amide bonds. The van der Waals surface area contributed by atoms with Gasteiger partial charge >= 0.3 is 17.1 Å². The summed E-state index contributed by atoms with van der Waals surface area (Å²) in [6.45, 7) is 37.5. The van der Waals surface area contributed by atoms with Crippen LogP contribution in [0.2, 0.25) is 0 Å². The lowest BCUT2D eigenvalue weighted by molar-refractivity contribution is -0.129. The van der Waals surface area contributed by atoms with E-state index in [4.69, 9.17) is 15.0 Å². The summed E-state index contributed by atoms with van der Waals surface area (Å²) >= 11 is 0. The molecule has 9 aromatic heterocycles. The van der Waals surface area contributed by atoms with Gasteiger partial charge in [0, 0.05) is 137 Å². The van der Waals surface area contributed by atoms with Crippen LogP contribution in [0.5, 0.6) is 0 Å². The van der Waals surface area contributed by atoms with Crippen LogP contribution in [0.1, 0.15) is 168 Å². The topological polar surface area (TPSA) is 306 Å².